The summed E-state index contributed by atoms with van der Waals surface area (Å²) in [6.45, 7) is 3.37. The molecule has 1 aromatic heterocycles. The number of aryl methyl sites for hydroxylation is 1. The molecule has 0 aliphatic heterocycles. The van der Waals surface area contributed by atoms with Gasteiger partial charge in [0, 0.05) is 24.8 Å². The van der Waals surface area contributed by atoms with E-state index in [1.54, 1.807) is 20.3 Å². The Hall–Kier alpha value is -2.30. The number of methoxy groups -OCH3 is 2. The second kappa shape index (κ2) is 5.77. The summed E-state index contributed by atoms with van der Waals surface area (Å²) >= 11 is 0. The average Bonchev–Trinajstić information content (AvgIpc) is 2.44. The van der Waals surface area contributed by atoms with Gasteiger partial charge in [0.2, 0.25) is 11.5 Å². The molecular weight excluding hydrogens is 258 g/mol. The number of carbonyl (C=O) groups is 1. The first-order valence-corrected chi connectivity index (χ1v) is 6.33. The number of fused-ring (bicyclic) bond motifs is 1. The van der Waals surface area contributed by atoms with E-state index < -0.39 is 0 Å². The third-order valence-electron chi connectivity index (χ3n) is 2.95. The van der Waals surface area contributed by atoms with Crippen molar-refractivity contribution in [2.45, 2.75) is 20.3 Å². The van der Waals surface area contributed by atoms with Crippen molar-refractivity contribution >= 4 is 16.7 Å². The molecule has 2 aromatic rings. The number of rotatable bonds is 3. The van der Waals surface area contributed by atoms with E-state index in [0.717, 1.165) is 16.5 Å². The molecule has 0 atom stereocenters. The van der Waals surface area contributed by atoms with E-state index in [-0.39, 0.29) is 5.91 Å². The van der Waals surface area contributed by atoms with Crippen molar-refractivity contribution in [3.8, 4) is 11.5 Å². The van der Waals surface area contributed by atoms with Crippen molar-refractivity contribution in [3.05, 3.63) is 29.5 Å². The molecular formula is C15H17NO4. The predicted octanol–water partition coefficient (Wildman–Crippen LogP) is 2.46. The lowest BCUT2D eigenvalue weighted by Gasteiger charge is -2.10. The van der Waals surface area contributed by atoms with Crippen LogP contribution in [0.15, 0.2) is 27.6 Å². The van der Waals surface area contributed by atoms with Gasteiger partial charge < -0.3 is 13.9 Å². The Balaban J connectivity index is 2.81. The van der Waals surface area contributed by atoms with Gasteiger partial charge in [0.15, 0.2) is 11.5 Å². The monoisotopic (exact) mass is 275 g/mol. The molecule has 0 bridgehead atoms. The van der Waals surface area contributed by atoms with Gasteiger partial charge in [-0.3, -0.25) is 4.79 Å². The van der Waals surface area contributed by atoms with Gasteiger partial charge in [-0.2, -0.15) is 4.99 Å². The number of ether oxygens (including phenoxy) is 2. The molecule has 0 aliphatic rings. The number of benzene rings is 1. The molecule has 2 rings (SSSR count). The zero-order chi connectivity index (χ0) is 14.7. The molecule has 0 aliphatic carbocycles. The van der Waals surface area contributed by atoms with E-state index in [0.29, 0.717) is 23.5 Å². The average molecular weight is 275 g/mol. The molecule has 1 heterocycles. The molecule has 0 N–H and O–H groups in total. The zero-order valence-electron chi connectivity index (χ0n) is 12.0. The Kier molecular flexibility index (Phi) is 4.08. The Bertz CT molecular complexity index is 716. The third kappa shape index (κ3) is 2.66. The highest BCUT2D eigenvalue weighted by Crippen LogP contribution is 2.33. The molecule has 0 unspecified atom stereocenters. The van der Waals surface area contributed by atoms with Gasteiger partial charge in [0.1, 0.15) is 5.76 Å². The standard InChI is InChI=1S/C15H17NO4/c1-5-12-11-8-14(19-4)13(18-3)6-10(11)7-15(20-12)16-9(2)17/h6-8H,5H2,1-4H3. The lowest BCUT2D eigenvalue weighted by atomic mass is 10.1. The van der Waals surface area contributed by atoms with Gasteiger partial charge in [0.25, 0.3) is 0 Å². The van der Waals surface area contributed by atoms with E-state index >= 15 is 0 Å². The Morgan fingerprint density at radius 3 is 2.40 bits per heavy atom. The van der Waals surface area contributed by atoms with Crippen LogP contribution in [0, 0.1) is 0 Å². The summed E-state index contributed by atoms with van der Waals surface area (Å²) in [5, 5.41) is 1.82. The highest BCUT2D eigenvalue weighted by Gasteiger charge is 2.10. The van der Waals surface area contributed by atoms with Crippen LogP contribution in [0.1, 0.15) is 19.6 Å². The summed E-state index contributed by atoms with van der Waals surface area (Å²) < 4.78 is 16.2. The van der Waals surface area contributed by atoms with Crippen LogP contribution < -0.4 is 15.0 Å². The van der Waals surface area contributed by atoms with Crippen molar-refractivity contribution in [3.63, 3.8) is 0 Å². The van der Waals surface area contributed by atoms with Gasteiger partial charge in [-0.1, -0.05) is 6.92 Å². The topological polar surface area (TPSA) is 61.0 Å². The van der Waals surface area contributed by atoms with E-state index in [2.05, 4.69) is 4.99 Å². The summed E-state index contributed by atoms with van der Waals surface area (Å²) in [5.74, 6) is 1.72. The fourth-order valence-electron chi connectivity index (χ4n) is 2.07. The van der Waals surface area contributed by atoms with E-state index in [9.17, 15) is 4.79 Å². The summed E-state index contributed by atoms with van der Waals surface area (Å²) in [4.78, 5) is 14.9. The van der Waals surface area contributed by atoms with Crippen LogP contribution in [-0.2, 0) is 11.2 Å². The number of carbonyl (C=O) groups excluding carboxylic acids is 1. The number of nitrogens with zero attached hydrogens (tertiary/aromatic N) is 1. The largest absolute Gasteiger partial charge is 0.493 e. The fourth-order valence-corrected chi connectivity index (χ4v) is 2.07. The summed E-state index contributed by atoms with van der Waals surface area (Å²) in [6, 6.07) is 5.44. The number of hydrogen-bond acceptors (Lipinski definition) is 4. The fraction of sp³-hybridized carbons (Fsp3) is 0.333. The molecule has 0 saturated carbocycles. The minimum atomic E-state index is -0.296. The molecule has 0 spiro atoms. The second-order valence-corrected chi connectivity index (χ2v) is 4.29. The molecule has 1 aromatic carbocycles. The van der Waals surface area contributed by atoms with Crippen LogP contribution in [0.4, 0.5) is 0 Å². The van der Waals surface area contributed by atoms with E-state index in [1.807, 2.05) is 19.1 Å². The number of hydrogen-bond donors (Lipinski definition) is 0. The highest BCUT2D eigenvalue weighted by molar-refractivity contribution is 5.87. The minimum absolute atomic E-state index is 0.296. The summed E-state index contributed by atoms with van der Waals surface area (Å²) in [7, 11) is 3.17. The Labute approximate surface area is 116 Å². The van der Waals surface area contributed by atoms with Gasteiger partial charge in [0.05, 0.1) is 14.2 Å². The molecule has 0 radical (unpaired) electrons. The summed E-state index contributed by atoms with van der Waals surface area (Å²) in [5.41, 5.74) is 0.300. The molecule has 5 heteroatoms. The summed E-state index contributed by atoms with van der Waals surface area (Å²) in [6.07, 6.45) is 0.688. The first-order valence-electron chi connectivity index (χ1n) is 6.33. The van der Waals surface area contributed by atoms with E-state index in [4.69, 9.17) is 13.9 Å². The number of amides is 1. The molecule has 5 nitrogen and oxygen atoms in total. The lowest BCUT2D eigenvalue weighted by Crippen LogP contribution is -2.06. The maximum Gasteiger partial charge on any atom is 0.245 e. The maximum atomic E-state index is 11.1. The second-order valence-electron chi connectivity index (χ2n) is 4.29. The van der Waals surface area contributed by atoms with Crippen LogP contribution in [0.3, 0.4) is 0 Å². The first-order chi connectivity index (χ1) is 9.58. The van der Waals surface area contributed by atoms with Crippen LogP contribution in [-0.4, -0.2) is 20.1 Å². The Morgan fingerprint density at radius 2 is 1.85 bits per heavy atom. The minimum Gasteiger partial charge on any atom is -0.493 e. The lowest BCUT2D eigenvalue weighted by molar-refractivity contribution is -0.116. The van der Waals surface area contributed by atoms with Gasteiger partial charge in [-0.05, 0) is 17.5 Å². The SMILES string of the molecule is CCc1oc(=NC(C)=O)cc2cc(OC)c(OC)cc12. The molecule has 0 fully saturated rings. The quantitative estimate of drug-likeness (QED) is 0.863. The van der Waals surface area contributed by atoms with Crippen molar-refractivity contribution in [2.24, 2.45) is 4.99 Å². The van der Waals surface area contributed by atoms with Crippen LogP contribution in [0.25, 0.3) is 10.8 Å². The molecule has 106 valence electrons. The normalized spacial score (nSPS) is 11.7. The smallest absolute Gasteiger partial charge is 0.245 e. The molecule has 20 heavy (non-hydrogen) atoms. The van der Waals surface area contributed by atoms with Gasteiger partial charge in [-0.25, -0.2) is 0 Å². The van der Waals surface area contributed by atoms with Crippen LogP contribution >= 0.6 is 0 Å². The van der Waals surface area contributed by atoms with Crippen LogP contribution in [0.2, 0.25) is 0 Å². The van der Waals surface area contributed by atoms with Crippen molar-refractivity contribution in [1.29, 1.82) is 0 Å². The van der Waals surface area contributed by atoms with Crippen molar-refractivity contribution < 1.29 is 18.7 Å². The van der Waals surface area contributed by atoms with Gasteiger partial charge in [-0.15, -0.1) is 0 Å². The van der Waals surface area contributed by atoms with Crippen molar-refractivity contribution in [1.82, 2.24) is 0 Å². The van der Waals surface area contributed by atoms with E-state index in [1.165, 1.54) is 6.92 Å². The third-order valence-corrected chi connectivity index (χ3v) is 2.95. The van der Waals surface area contributed by atoms with Gasteiger partial charge >= 0.3 is 0 Å². The van der Waals surface area contributed by atoms with Crippen LogP contribution in [0.5, 0.6) is 11.5 Å². The van der Waals surface area contributed by atoms with Crippen molar-refractivity contribution in [2.75, 3.05) is 14.2 Å². The maximum absolute atomic E-state index is 11.1. The molecule has 0 saturated heterocycles. The predicted molar refractivity (Wildman–Crippen MR) is 74.9 cm³/mol. The highest BCUT2D eigenvalue weighted by atomic mass is 16.5. The first kappa shape index (κ1) is 14.1. The Morgan fingerprint density at radius 1 is 1.20 bits per heavy atom. The zero-order valence-corrected chi connectivity index (χ0v) is 12.0. The molecule has 1 amide bonds.